The lowest BCUT2D eigenvalue weighted by molar-refractivity contribution is -0.144. The zero-order valence-corrected chi connectivity index (χ0v) is 15.1. The fraction of sp³-hybridized carbons (Fsp3) is 0.588. The smallest absolute Gasteiger partial charge is 0.391 e. The van der Waals surface area contributed by atoms with Crippen LogP contribution in [0.1, 0.15) is 26.2 Å². The molecule has 2 aliphatic rings. The van der Waals surface area contributed by atoms with Gasteiger partial charge in [-0.2, -0.15) is 0 Å². The van der Waals surface area contributed by atoms with Crippen LogP contribution < -0.4 is 4.74 Å². The van der Waals surface area contributed by atoms with Crippen molar-refractivity contribution >= 4 is 23.6 Å². The maximum Gasteiger partial charge on any atom is 0.416 e. The molecule has 1 aromatic heterocycles. The first-order valence-electron chi connectivity index (χ1n) is 8.49. The number of likely N-dealkylation sites (tertiary alicyclic amines) is 2. The van der Waals surface area contributed by atoms with Crippen molar-refractivity contribution in [3.05, 3.63) is 23.4 Å². The quantitative estimate of drug-likeness (QED) is 0.781. The Hall–Kier alpha value is -1.96. The highest BCUT2D eigenvalue weighted by Gasteiger charge is 2.46. The van der Waals surface area contributed by atoms with Crippen LogP contribution in [0.25, 0.3) is 0 Å². The van der Waals surface area contributed by atoms with Gasteiger partial charge >= 0.3 is 6.09 Å². The van der Waals surface area contributed by atoms with Gasteiger partial charge in [0.25, 0.3) is 5.92 Å². The van der Waals surface area contributed by atoms with E-state index in [1.807, 2.05) is 6.92 Å². The zero-order chi connectivity index (χ0) is 18.9. The van der Waals surface area contributed by atoms with E-state index in [1.54, 1.807) is 0 Å². The van der Waals surface area contributed by atoms with Crippen molar-refractivity contribution in [3.8, 4) is 5.88 Å². The van der Waals surface area contributed by atoms with Gasteiger partial charge in [0.2, 0.25) is 11.8 Å². The topological polar surface area (TPSA) is 62.7 Å². The Labute approximate surface area is 155 Å². The van der Waals surface area contributed by atoms with Gasteiger partial charge in [0.15, 0.2) is 0 Å². The molecule has 0 aliphatic carbocycles. The van der Waals surface area contributed by atoms with E-state index in [4.69, 9.17) is 16.3 Å². The largest absolute Gasteiger partial charge is 0.416 e. The van der Waals surface area contributed by atoms with Gasteiger partial charge < -0.3 is 9.64 Å². The summed E-state index contributed by atoms with van der Waals surface area (Å²) in [4.78, 5) is 30.8. The van der Waals surface area contributed by atoms with Crippen LogP contribution in [-0.2, 0) is 4.79 Å². The van der Waals surface area contributed by atoms with Crippen LogP contribution in [0.5, 0.6) is 5.88 Å². The Morgan fingerprint density at radius 3 is 2.85 bits per heavy atom. The van der Waals surface area contributed by atoms with Crippen molar-refractivity contribution in [1.29, 1.82) is 0 Å². The number of piperidine rings is 2. The number of carbonyl (C=O) groups excluding carboxylic acids is 2. The van der Waals surface area contributed by atoms with E-state index in [0.717, 1.165) is 11.3 Å². The normalized spacial score (nSPS) is 25.9. The average Bonchev–Trinajstić information content (AvgIpc) is 2.55. The number of nitrogens with zero attached hydrogens (tertiary/aromatic N) is 3. The third-order valence-corrected chi connectivity index (χ3v) is 4.91. The average molecular weight is 388 g/mol. The number of rotatable bonds is 2. The number of halogens is 3. The Balaban J connectivity index is 1.70. The number of aromatic nitrogens is 1. The number of ether oxygens (including phenoxy) is 1. The molecule has 0 saturated carbocycles. The maximum atomic E-state index is 14.2. The molecule has 3 heterocycles. The van der Waals surface area contributed by atoms with Crippen LogP contribution >= 0.6 is 11.6 Å². The number of carbonyl (C=O) groups is 2. The van der Waals surface area contributed by atoms with Gasteiger partial charge in [-0.3, -0.25) is 9.69 Å². The van der Waals surface area contributed by atoms with Crippen molar-refractivity contribution in [2.24, 2.45) is 5.92 Å². The van der Waals surface area contributed by atoms with Crippen LogP contribution in [0.3, 0.4) is 0 Å². The van der Waals surface area contributed by atoms with E-state index in [0.29, 0.717) is 18.0 Å². The summed E-state index contributed by atoms with van der Waals surface area (Å²) in [7, 11) is 0. The molecule has 0 radical (unpaired) electrons. The lowest BCUT2D eigenvalue weighted by atomic mass is 9.94. The first-order valence-corrected chi connectivity index (χ1v) is 8.87. The van der Waals surface area contributed by atoms with Gasteiger partial charge in [-0.05, 0) is 18.4 Å². The highest BCUT2D eigenvalue weighted by molar-refractivity contribution is 6.30. The minimum Gasteiger partial charge on any atom is -0.391 e. The fourth-order valence-corrected chi connectivity index (χ4v) is 3.50. The zero-order valence-electron chi connectivity index (χ0n) is 14.3. The molecule has 2 amide bonds. The summed E-state index contributed by atoms with van der Waals surface area (Å²) in [6.45, 7) is 1.67. The van der Waals surface area contributed by atoms with E-state index >= 15 is 0 Å². The first-order chi connectivity index (χ1) is 12.2. The van der Waals surface area contributed by atoms with Crippen molar-refractivity contribution in [2.75, 3.05) is 19.6 Å². The van der Waals surface area contributed by atoms with E-state index in [9.17, 15) is 18.4 Å². The van der Waals surface area contributed by atoms with Gasteiger partial charge in [-0.25, -0.2) is 18.6 Å². The van der Waals surface area contributed by atoms with E-state index < -0.39 is 31.0 Å². The van der Waals surface area contributed by atoms with E-state index in [2.05, 4.69) is 4.98 Å². The maximum absolute atomic E-state index is 14.2. The van der Waals surface area contributed by atoms with Gasteiger partial charge in [0.1, 0.15) is 0 Å². The molecule has 6 nitrogen and oxygen atoms in total. The Bertz CT molecular complexity index is 686. The lowest BCUT2D eigenvalue weighted by Crippen LogP contribution is -2.59. The Kier molecular flexibility index (Phi) is 5.32. The summed E-state index contributed by atoms with van der Waals surface area (Å²) < 4.78 is 33.5. The summed E-state index contributed by atoms with van der Waals surface area (Å²) in [5.41, 5.74) is 0. The fourth-order valence-electron chi connectivity index (χ4n) is 3.38. The molecule has 0 N–H and O–H groups in total. The standard InChI is InChI=1S/C17H20ClF2N3O3/c1-11-4-5-23(15(24)6-11)13-7-17(19,20)10-22(9-13)16(25)26-14-3-2-12(18)8-21-14/h2-3,8,11,13H,4-7,9-10H2,1H3/t11-,13?/m1/s1. The van der Waals surface area contributed by atoms with E-state index in [-0.39, 0.29) is 24.2 Å². The molecular weight excluding hydrogens is 368 g/mol. The SMILES string of the molecule is C[C@@H]1CCN(C2CN(C(=O)Oc3ccc(Cl)cn3)CC(F)(F)C2)C(=O)C1. The second-order valence-corrected chi connectivity index (χ2v) is 7.40. The van der Waals surface area contributed by atoms with Crippen LogP contribution in [0.2, 0.25) is 5.02 Å². The van der Waals surface area contributed by atoms with Crippen LogP contribution in [0.15, 0.2) is 18.3 Å². The Morgan fingerprint density at radius 1 is 1.42 bits per heavy atom. The third-order valence-electron chi connectivity index (χ3n) is 4.68. The van der Waals surface area contributed by atoms with Gasteiger partial charge in [-0.1, -0.05) is 18.5 Å². The molecule has 2 aliphatic heterocycles. The number of pyridine rings is 1. The lowest BCUT2D eigenvalue weighted by Gasteiger charge is -2.43. The third kappa shape index (κ3) is 4.41. The van der Waals surface area contributed by atoms with Crippen molar-refractivity contribution in [2.45, 2.75) is 38.2 Å². The minimum atomic E-state index is -3.08. The molecule has 9 heteroatoms. The van der Waals surface area contributed by atoms with E-state index in [1.165, 1.54) is 23.2 Å². The second-order valence-electron chi connectivity index (χ2n) is 6.96. The van der Waals surface area contributed by atoms with Crippen LogP contribution in [0, 0.1) is 5.92 Å². The molecule has 26 heavy (non-hydrogen) atoms. The monoisotopic (exact) mass is 387 g/mol. The molecule has 2 atom stereocenters. The summed E-state index contributed by atoms with van der Waals surface area (Å²) >= 11 is 5.71. The molecule has 2 saturated heterocycles. The van der Waals surface area contributed by atoms with Crippen LogP contribution in [0.4, 0.5) is 13.6 Å². The number of hydrogen-bond donors (Lipinski definition) is 0. The summed E-state index contributed by atoms with van der Waals surface area (Å²) in [5, 5.41) is 0.368. The highest BCUT2D eigenvalue weighted by Crippen LogP contribution is 2.32. The number of amides is 2. The van der Waals surface area contributed by atoms with Gasteiger partial charge in [-0.15, -0.1) is 0 Å². The van der Waals surface area contributed by atoms with Crippen molar-refractivity contribution < 1.29 is 23.1 Å². The van der Waals surface area contributed by atoms with Crippen LogP contribution in [-0.4, -0.2) is 58.4 Å². The number of alkyl halides is 2. The van der Waals surface area contributed by atoms with Crippen molar-refractivity contribution in [3.63, 3.8) is 0 Å². The molecule has 2 fully saturated rings. The molecule has 142 valence electrons. The van der Waals surface area contributed by atoms with Crippen molar-refractivity contribution in [1.82, 2.24) is 14.8 Å². The molecule has 0 bridgehead atoms. The molecular formula is C17H20ClF2N3O3. The highest BCUT2D eigenvalue weighted by atomic mass is 35.5. The summed E-state index contributed by atoms with van der Waals surface area (Å²) in [6, 6.07) is 2.15. The number of hydrogen-bond acceptors (Lipinski definition) is 4. The minimum absolute atomic E-state index is 0.0160. The second kappa shape index (κ2) is 7.34. The summed E-state index contributed by atoms with van der Waals surface area (Å²) in [5.74, 6) is -3.00. The Morgan fingerprint density at radius 2 is 2.19 bits per heavy atom. The molecule has 1 aromatic rings. The predicted octanol–water partition coefficient (Wildman–Crippen LogP) is 3.20. The first kappa shape index (κ1) is 18.8. The van der Waals surface area contributed by atoms with Gasteiger partial charge in [0, 0.05) is 38.2 Å². The summed E-state index contributed by atoms with van der Waals surface area (Å²) in [6.07, 6.45) is 1.05. The molecule has 3 rings (SSSR count). The molecule has 0 aromatic carbocycles. The molecule has 1 unspecified atom stereocenters. The molecule has 0 spiro atoms. The van der Waals surface area contributed by atoms with Gasteiger partial charge in [0.05, 0.1) is 17.6 Å². The predicted molar refractivity (Wildman–Crippen MR) is 90.3 cm³/mol.